The Kier molecular flexibility index (Phi) is 3.91. The van der Waals surface area contributed by atoms with Crippen molar-refractivity contribution in [1.82, 2.24) is 15.1 Å². The normalized spacial score (nSPS) is 17.0. The number of amides is 1. The number of anilines is 1. The second kappa shape index (κ2) is 6.45. The number of benzene rings is 2. The van der Waals surface area contributed by atoms with Gasteiger partial charge in [0, 0.05) is 36.2 Å². The van der Waals surface area contributed by atoms with Crippen molar-refractivity contribution in [3.8, 4) is 11.4 Å². The molecule has 7 nitrogen and oxygen atoms in total. The minimum Gasteiger partial charge on any atom is -0.441 e. The number of hydrogen-bond donors (Lipinski definition) is 0. The van der Waals surface area contributed by atoms with E-state index in [1.165, 1.54) is 0 Å². The second-order valence-electron chi connectivity index (χ2n) is 6.76. The first kappa shape index (κ1) is 16.9. The molecule has 28 heavy (non-hydrogen) atoms. The third-order valence-corrected chi connectivity index (χ3v) is 5.02. The Balaban J connectivity index is 1.40. The lowest BCUT2D eigenvalue weighted by Crippen LogP contribution is -2.24. The molecule has 1 fully saturated rings. The van der Waals surface area contributed by atoms with Crippen molar-refractivity contribution in [3.63, 3.8) is 0 Å². The highest BCUT2D eigenvalue weighted by Crippen LogP contribution is 2.33. The number of aromatic nitrogens is 3. The van der Waals surface area contributed by atoms with E-state index in [2.05, 4.69) is 15.1 Å². The molecule has 5 rings (SSSR count). The molecular formula is C20H15ClN4O3. The number of oxazole rings is 1. The molecule has 2 aromatic carbocycles. The molecule has 8 heteroatoms. The minimum atomic E-state index is -0.161. The van der Waals surface area contributed by atoms with Crippen LogP contribution in [-0.2, 0) is 4.79 Å². The summed E-state index contributed by atoms with van der Waals surface area (Å²) in [5.41, 5.74) is 3.01. The highest BCUT2D eigenvalue weighted by Gasteiger charge is 2.35. The summed E-state index contributed by atoms with van der Waals surface area (Å²) >= 11 is 6.05. The van der Waals surface area contributed by atoms with Crippen LogP contribution in [-0.4, -0.2) is 27.6 Å². The first-order valence-electron chi connectivity index (χ1n) is 8.84. The van der Waals surface area contributed by atoms with Gasteiger partial charge in [-0.05, 0) is 36.4 Å². The molecule has 0 saturated carbocycles. The van der Waals surface area contributed by atoms with Crippen molar-refractivity contribution >= 4 is 34.3 Å². The Bertz CT molecular complexity index is 1200. The minimum absolute atomic E-state index is 0.00603. The fraction of sp³-hybridized carbons (Fsp3) is 0.200. The van der Waals surface area contributed by atoms with Crippen molar-refractivity contribution in [2.75, 3.05) is 11.4 Å². The van der Waals surface area contributed by atoms with Crippen molar-refractivity contribution in [3.05, 3.63) is 59.3 Å². The van der Waals surface area contributed by atoms with Crippen LogP contribution in [0.2, 0.25) is 5.02 Å². The molecule has 0 spiro atoms. The number of carbonyl (C=O) groups excluding carboxylic acids is 1. The highest BCUT2D eigenvalue weighted by molar-refractivity contribution is 6.30. The van der Waals surface area contributed by atoms with Crippen molar-refractivity contribution in [1.29, 1.82) is 0 Å². The van der Waals surface area contributed by atoms with Crippen LogP contribution in [0, 0.1) is 6.92 Å². The van der Waals surface area contributed by atoms with Gasteiger partial charge in [0.1, 0.15) is 5.52 Å². The van der Waals surface area contributed by atoms with Crippen LogP contribution in [0.5, 0.6) is 0 Å². The third-order valence-electron chi connectivity index (χ3n) is 4.79. The molecule has 140 valence electrons. The smallest absolute Gasteiger partial charge is 0.232 e. The Morgan fingerprint density at radius 3 is 2.93 bits per heavy atom. The lowest BCUT2D eigenvalue weighted by atomic mass is 10.1. The van der Waals surface area contributed by atoms with Crippen molar-refractivity contribution in [2.24, 2.45) is 0 Å². The first-order valence-corrected chi connectivity index (χ1v) is 9.22. The second-order valence-corrected chi connectivity index (χ2v) is 7.19. The van der Waals surface area contributed by atoms with E-state index in [1.807, 2.05) is 30.3 Å². The van der Waals surface area contributed by atoms with E-state index < -0.39 is 0 Å². The summed E-state index contributed by atoms with van der Waals surface area (Å²) in [4.78, 5) is 23.0. The maximum absolute atomic E-state index is 12.5. The van der Waals surface area contributed by atoms with E-state index in [1.54, 1.807) is 24.0 Å². The van der Waals surface area contributed by atoms with Crippen LogP contribution in [0.4, 0.5) is 5.69 Å². The summed E-state index contributed by atoms with van der Waals surface area (Å²) in [7, 11) is 0. The lowest BCUT2D eigenvalue weighted by molar-refractivity contribution is -0.117. The average Bonchev–Trinajstić information content (AvgIpc) is 3.38. The molecule has 2 aromatic heterocycles. The average molecular weight is 395 g/mol. The molecular weight excluding hydrogens is 380 g/mol. The van der Waals surface area contributed by atoms with E-state index in [0.29, 0.717) is 41.2 Å². The van der Waals surface area contributed by atoms with Gasteiger partial charge in [0.05, 0.1) is 5.92 Å². The van der Waals surface area contributed by atoms with Gasteiger partial charge in [-0.3, -0.25) is 4.79 Å². The number of aryl methyl sites for hydroxylation is 1. The number of rotatable bonds is 3. The summed E-state index contributed by atoms with van der Waals surface area (Å²) in [6.45, 7) is 2.28. The zero-order valence-corrected chi connectivity index (χ0v) is 15.7. The fourth-order valence-electron chi connectivity index (χ4n) is 3.47. The Morgan fingerprint density at radius 1 is 1.18 bits per heavy atom. The monoisotopic (exact) mass is 394 g/mol. The molecule has 3 heterocycles. The van der Waals surface area contributed by atoms with Gasteiger partial charge >= 0.3 is 0 Å². The van der Waals surface area contributed by atoms with Gasteiger partial charge in [0.15, 0.2) is 11.5 Å². The zero-order valence-electron chi connectivity index (χ0n) is 14.9. The van der Waals surface area contributed by atoms with Crippen LogP contribution in [0.15, 0.2) is 51.4 Å². The van der Waals surface area contributed by atoms with E-state index in [4.69, 9.17) is 20.5 Å². The molecule has 1 saturated heterocycles. The maximum Gasteiger partial charge on any atom is 0.232 e. The van der Waals surface area contributed by atoms with Crippen LogP contribution in [0.1, 0.15) is 24.1 Å². The molecule has 0 N–H and O–H groups in total. The van der Waals surface area contributed by atoms with Crippen LogP contribution in [0.3, 0.4) is 0 Å². The van der Waals surface area contributed by atoms with Crippen LogP contribution >= 0.6 is 11.6 Å². The molecule has 0 aliphatic carbocycles. The summed E-state index contributed by atoms with van der Waals surface area (Å²) in [5, 5.41) is 4.68. The van der Waals surface area contributed by atoms with E-state index in [0.717, 1.165) is 16.8 Å². The van der Waals surface area contributed by atoms with Crippen molar-refractivity contribution in [2.45, 2.75) is 19.3 Å². The van der Waals surface area contributed by atoms with Gasteiger partial charge in [-0.25, -0.2) is 4.98 Å². The predicted octanol–water partition coefficient (Wildman–Crippen LogP) is 4.36. The number of halogens is 1. The van der Waals surface area contributed by atoms with Gasteiger partial charge in [-0.2, -0.15) is 4.98 Å². The molecule has 1 atom stereocenters. The number of nitrogens with zero attached hydrogens (tertiary/aromatic N) is 4. The lowest BCUT2D eigenvalue weighted by Gasteiger charge is -2.16. The maximum atomic E-state index is 12.5. The molecule has 0 radical (unpaired) electrons. The fourth-order valence-corrected chi connectivity index (χ4v) is 3.65. The van der Waals surface area contributed by atoms with Gasteiger partial charge in [-0.15, -0.1) is 0 Å². The molecule has 4 aromatic rings. The van der Waals surface area contributed by atoms with Crippen LogP contribution < -0.4 is 4.90 Å². The summed E-state index contributed by atoms with van der Waals surface area (Å²) in [6, 6.07) is 12.8. The molecule has 1 aliphatic rings. The summed E-state index contributed by atoms with van der Waals surface area (Å²) < 4.78 is 11.0. The van der Waals surface area contributed by atoms with E-state index in [9.17, 15) is 4.79 Å². The number of carbonyl (C=O) groups is 1. The Hall–Kier alpha value is -3.19. The first-order chi connectivity index (χ1) is 13.6. The van der Waals surface area contributed by atoms with E-state index in [-0.39, 0.29) is 11.8 Å². The third kappa shape index (κ3) is 2.93. The highest BCUT2D eigenvalue weighted by atomic mass is 35.5. The predicted molar refractivity (Wildman–Crippen MR) is 103 cm³/mol. The van der Waals surface area contributed by atoms with E-state index >= 15 is 0 Å². The summed E-state index contributed by atoms with van der Waals surface area (Å²) in [5.74, 6) is 1.36. The SMILES string of the molecule is Cc1nc2cc(-c3noc([C@@H]4CC(=O)N(c5cccc(Cl)c5)C4)n3)ccc2o1. The standard InChI is InChI=1S/C20H15ClN4O3/c1-11-22-16-7-12(5-6-17(16)27-11)19-23-20(28-24-19)13-8-18(26)25(10-13)15-4-2-3-14(21)9-15/h2-7,9,13H,8,10H2,1H3/t13-/m1/s1. The van der Waals surface area contributed by atoms with Gasteiger partial charge in [-0.1, -0.05) is 22.8 Å². The molecule has 0 unspecified atom stereocenters. The molecule has 0 bridgehead atoms. The molecule has 1 aliphatic heterocycles. The summed E-state index contributed by atoms with van der Waals surface area (Å²) in [6.07, 6.45) is 0.315. The van der Waals surface area contributed by atoms with Crippen molar-refractivity contribution < 1.29 is 13.7 Å². The Labute approximate surface area is 164 Å². The van der Waals surface area contributed by atoms with Gasteiger partial charge in [0.2, 0.25) is 17.6 Å². The van der Waals surface area contributed by atoms with Gasteiger partial charge in [0.25, 0.3) is 0 Å². The quantitative estimate of drug-likeness (QED) is 0.513. The number of fused-ring (bicyclic) bond motifs is 1. The largest absolute Gasteiger partial charge is 0.441 e. The molecule has 1 amide bonds. The number of hydrogen-bond acceptors (Lipinski definition) is 6. The van der Waals surface area contributed by atoms with Gasteiger partial charge < -0.3 is 13.8 Å². The topological polar surface area (TPSA) is 85.3 Å². The zero-order chi connectivity index (χ0) is 19.3. The van der Waals surface area contributed by atoms with Crippen LogP contribution in [0.25, 0.3) is 22.5 Å². The Morgan fingerprint density at radius 2 is 2.07 bits per heavy atom.